The van der Waals surface area contributed by atoms with Gasteiger partial charge in [0.25, 0.3) is 0 Å². The lowest BCUT2D eigenvalue weighted by atomic mass is 10.1. The Morgan fingerprint density at radius 3 is 2.67 bits per heavy atom. The monoisotopic (exact) mass is 390 g/mol. The molecule has 3 heterocycles. The number of aromatic amines is 1. The molecule has 3 N–H and O–H groups in total. The van der Waals surface area contributed by atoms with Crippen LogP contribution in [0, 0.1) is 6.92 Å². The minimum absolute atomic E-state index is 0. The van der Waals surface area contributed by atoms with E-state index >= 15 is 0 Å². The molecule has 2 aromatic heterocycles. The molecule has 1 saturated heterocycles. The molecule has 0 unspecified atom stereocenters. The molecule has 1 aromatic carbocycles. The molecule has 4 rings (SSSR count). The first-order chi connectivity index (χ1) is 12.7. The molecular weight excluding hydrogens is 364 g/mol. The molecule has 6 nitrogen and oxygen atoms in total. The molecule has 1 aliphatic rings. The minimum atomic E-state index is 0. The summed E-state index contributed by atoms with van der Waals surface area (Å²) in [6.45, 7) is 6.20. The van der Waals surface area contributed by atoms with Gasteiger partial charge in [-0.3, -0.25) is 0 Å². The summed E-state index contributed by atoms with van der Waals surface area (Å²) in [5.74, 6) is 2.04. The fourth-order valence-corrected chi connectivity index (χ4v) is 3.90. The number of nitrogens with one attached hydrogen (secondary N) is 1. The quantitative estimate of drug-likeness (QED) is 0.624. The number of halogens is 1. The summed E-state index contributed by atoms with van der Waals surface area (Å²) in [6, 6.07) is 5.90. The van der Waals surface area contributed by atoms with E-state index in [1.165, 1.54) is 25.9 Å². The number of ether oxygens (including phenoxy) is 2. The SMILES string of the molecule is COc1cc2c(cc1OCCCN1CCCC1)[nH]c1cc(N)nc(C)c12.Cl. The number of aromatic nitrogens is 2. The molecule has 0 radical (unpaired) electrons. The lowest BCUT2D eigenvalue weighted by Crippen LogP contribution is -2.21. The summed E-state index contributed by atoms with van der Waals surface area (Å²) in [5.41, 5.74) is 8.78. The second kappa shape index (κ2) is 8.23. The van der Waals surface area contributed by atoms with E-state index in [2.05, 4.69) is 14.9 Å². The number of H-pyrrole nitrogens is 1. The number of fused-ring (bicyclic) bond motifs is 3. The number of methoxy groups -OCH3 is 1. The summed E-state index contributed by atoms with van der Waals surface area (Å²) < 4.78 is 11.6. The molecule has 0 aliphatic carbocycles. The van der Waals surface area contributed by atoms with Crippen LogP contribution in [-0.2, 0) is 0 Å². The van der Waals surface area contributed by atoms with Gasteiger partial charge < -0.3 is 25.1 Å². The van der Waals surface area contributed by atoms with Crippen molar-refractivity contribution < 1.29 is 9.47 Å². The fourth-order valence-electron chi connectivity index (χ4n) is 3.90. The molecule has 7 heteroatoms. The van der Waals surface area contributed by atoms with Crippen LogP contribution in [0.15, 0.2) is 18.2 Å². The van der Waals surface area contributed by atoms with E-state index in [0.29, 0.717) is 12.4 Å². The van der Waals surface area contributed by atoms with E-state index in [-0.39, 0.29) is 12.4 Å². The van der Waals surface area contributed by atoms with E-state index in [4.69, 9.17) is 15.2 Å². The molecule has 0 bridgehead atoms. The van der Waals surface area contributed by atoms with E-state index in [1.807, 2.05) is 25.1 Å². The maximum atomic E-state index is 6.03. The predicted octanol–water partition coefficient (Wildman–Crippen LogP) is 3.90. The van der Waals surface area contributed by atoms with Crippen LogP contribution < -0.4 is 15.2 Å². The Labute approximate surface area is 165 Å². The Balaban J connectivity index is 0.00000210. The molecule has 1 fully saturated rings. The zero-order chi connectivity index (χ0) is 18.1. The molecule has 27 heavy (non-hydrogen) atoms. The summed E-state index contributed by atoms with van der Waals surface area (Å²) in [5, 5.41) is 2.15. The molecule has 0 atom stereocenters. The van der Waals surface area contributed by atoms with Gasteiger partial charge in [0.05, 0.1) is 24.8 Å². The zero-order valence-corrected chi connectivity index (χ0v) is 16.7. The highest BCUT2D eigenvalue weighted by molar-refractivity contribution is 6.09. The number of anilines is 1. The third-order valence-corrected chi connectivity index (χ3v) is 5.14. The third kappa shape index (κ3) is 3.92. The first kappa shape index (κ1) is 19.6. The second-order valence-corrected chi connectivity index (χ2v) is 6.98. The molecule has 0 saturated carbocycles. The maximum Gasteiger partial charge on any atom is 0.163 e. The van der Waals surface area contributed by atoms with Crippen molar-refractivity contribution in [2.75, 3.05) is 39.1 Å². The smallest absolute Gasteiger partial charge is 0.163 e. The highest BCUT2D eigenvalue weighted by atomic mass is 35.5. The summed E-state index contributed by atoms with van der Waals surface area (Å²) >= 11 is 0. The van der Waals surface area contributed by atoms with Crippen LogP contribution in [0.1, 0.15) is 25.0 Å². The number of rotatable bonds is 6. The van der Waals surface area contributed by atoms with Gasteiger partial charge in [-0.15, -0.1) is 12.4 Å². The minimum Gasteiger partial charge on any atom is -0.493 e. The fraction of sp³-hybridized carbons (Fsp3) is 0.450. The Morgan fingerprint density at radius 1 is 1.15 bits per heavy atom. The molecule has 0 amide bonds. The normalized spacial score (nSPS) is 14.6. The van der Waals surface area contributed by atoms with Gasteiger partial charge in [-0.2, -0.15) is 0 Å². The lowest BCUT2D eigenvalue weighted by Gasteiger charge is -2.15. The molecule has 0 spiro atoms. The van der Waals surface area contributed by atoms with Crippen LogP contribution in [-0.4, -0.2) is 48.2 Å². The van der Waals surface area contributed by atoms with Crippen molar-refractivity contribution in [3.63, 3.8) is 0 Å². The van der Waals surface area contributed by atoms with Crippen LogP contribution in [0.4, 0.5) is 5.82 Å². The summed E-state index contributed by atoms with van der Waals surface area (Å²) in [6.07, 6.45) is 3.67. The Morgan fingerprint density at radius 2 is 1.93 bits per heavy atom. The van der Waals surface area contributed by atoms with Crippen LogP contribution in [0.3, 0.4) is 0 Å². The maximum absolute atomic E-state index is 6.03. The molecular formula is C20H27ClN4O2. The molecule has 1 aliphatic heterocycles. The number of nitrogen functional groups attached to an aromatic ring is 1. The van der Waals surface area contributed by atoms with E-state index in [0.717, 1.165) is 52.0 Å². The van der Waals surface area contributed by atoms with Crippen molar-refractivity contribution in [1.82, 2.24) is 14.9 Å². The van der Waals surface area contributed by atoms with Gasteiger partial charge in [0.1, 0.15) is 5.82 Å². The van der Waals surface area contributed by atoms with Crippen LogP contribution in [0.2, 0.25) is 0 Å². The first-order valence-electron chi connectivity index (χ1n) is 9.27. The Hall–Kier alpha value is -2.18. The van der Waals surface area contributed by atoms with Crippen molar-refractivity contribution in [2.45, 2.75) is 26.2 Å². The zero-order valence-electron chi connectivity index (χ0n) is 15.9. The number of nitrogens with two attached hydrogens (primary N) is 1. The first-order valence-corrected chi connectivity index (χ1v) is 9.27. The number of nitrogens with zero attached hydrogens (tertiary/aromatic N) is 2. The standard InChI is InChI=1S/C20H26N4O2.ClH/c1-13-20-14-10-17(25-2)18(26-9-5-8-24-6-3-4-7-24)11-15(14)23-16(20)12-19(21)22-13;/h10-12,23H,3-9H2,1-2H3,(H2,21,22);1H. The third-order valence-electron chi connectivity index (χ3n) is 5.14. The van der Waals surface area contributed by atoms with Gasteiger partial charge in [0.2, 0.25) is 0 Å². The van der Waals surface area contributed by atoms with Crippen molar-refractivity contribution in [1.29, 1.82) is 0 Å². The number of pyridine rings is 1. The average Bonchev–Trinajstić information content (AvgIpc) is 3.24. The van der Waals surface area contributed by atoms with Gasteiger partial charge in [0, 0.05) is 35.1 Å². The average molecular weight is 391 g/mol. The van der Waals surface area contributed by atoms with Crippen LogP contribution in [0.25, 0.3) is 21.8 Å². The van der Waals surface area contributed by atoms with Gasteiger partial charge >= 0.3 is 0 Å². The van der Waals surface area contributed by atoms with Crippen LogP contribution >= 0.6 is 12.4 Å². The summed E-state index contributed by atoms with van der Waals surface area (Å²) in [4.78, 5) is 10.3. The van der Waals surface area contributed by atoms with Gasteiger partial charge in [-0.1, -0.05) is 0 Å². The number of aryl methyl sites for hydroxylation is 1. The molecule has 3 aromatic rings. The molecule has 146 valence electrons. The van der Waals surface area contributed by atoms with Crippen molar-refractivity contribution >= 4 is 40.0 Å². The number of hydrogen-bond acceptors (Lipinski definition) is 5. The number of likely N-dealkylation sites (tertiary alicyclic amines) is 1. The highest BCUT2D eigenvalue weighted by Gasteiger charge is 2.15. The predicted molar refractivity (Wildman–Crippen MR) is 112 cm³/mol. The topological polar surface area (TPSA) is 76.4 Å². The largest absolute Gasteiger partial charge is 0.493 e. The van der Waals surface area contributed by atoms with Crippen molar-refractivity contribution in [3.05, 3.63) is 23.9 Å². The van der Waals surface area contributed by atoms with Crippen LogP contribution in [0.5, 0.6) is 11.5 Å². The van der Waals surface area contributed by atoms with E-state index in [1.54, 1.807) is 7.11 Å². The second-order valence-electron chi connectivity index (χ2n) is 6.98. The van der Waals surface area contributed by atoms with Crippen molar-refractivity contribution in [2.24, 2.45) is 0 Å². The number of benzene rings is 1. The number of hydrogen-bond donors (Lipinski definition) is 2. The van der Waals surface area contributed by atoms with Gasteiger partial charge in [0.15, 0.2) is 11.5 Å². The Bertz CT molecular complexity index is 935. The van der Waals surface area contributed by atoms with E-state index in [9.17, 15) is 0 Å². The Kier molecular flexibility index (Phi) is 5.97. The van der Waals surface area contributed by atoms with Gasteiger partial charge in [-0.25, -0.2) is 4.98 Å². The van der Waals surface area contributed by atoms with Gasteiger partial charge in [-0.05, 0) is 45.3 Å². The van der Waals surface area contributed by atoms with E-state index < -0.39 is 0 Å². The lowest BCUT2D eigenvalue weighted by molar-refractivity contribution is 0.254. The summed E-state index contributed by atoms with van der Waals surface area (Å²) in [7, 11) is 1.68. The van der Waals surface area contributed by atoms with Crippen molar-refractivity contribution in [3.8, 4) is 11.5 Å². The highest BCUT2D eigenvalue weighted by Crippen LogP contribution is 2.37.